The maximum Gasteiger partial charge on any atom is 0.244 e. The average Bonchev–Trinajstić information content (AvgIpc) is 2.61. The molecule has 0 atom stereocenters. The standard InChI is InChI=1S/C16H17FN2O5S/c1-23-11-7-8-15(14(9-11)24-2)25(21,22)18-10-16(20)19-13-6-4-3-5-12(13)17/h3-9,18H,10H2,1-2H3,(H,19,20). The molecule has 0 heterocycles. The van der Waals surface area contributed by atoms with Crippen LogP contribution in [0.1, 0.15) is 0 Å². The number of amides is 1. The van der Waals surface area contributed by atoms with Crippen molar-refractivity contribution in [3.05, 3.63) is 48.3 Å². The van der Waals surface area contributed by atoms with Gasteiger partial charge in [-0.2, -0.15) is 0 Å². The number of methoxy groups -OCH3 is 2. The zero-order valence-electron chi connectivity index (χ0n) is 13.6. The van der Waals surface area contributed by atoms with Gasteiger partial charge in [0.05, 0.1) is 26.5 Å². The van der Waals surface area contributed by atoms with E-state index in [0.717, 1.165) is 0 Å². The minimum Gasteiger partial charge on any atom is -0.497 e. The molecule has 0 saturated carbocycles. The van der Waals surface area contributed by atoms with Gasteiger partial charge in [-0.1, -0.05) is 12.1 Å². The van der Waals surface area contributed by atoms with Crippen molar-refractivity contribution in [2.45, 2.75) is 4.90 Å². The Morgan fingerprint density at radius 1 is 1.12 bits per heavy atom. The number of ether oxygens (including phenoxy) is 2. The zero-order chi connectivity index (χ0) is 18.4. The highest BCUT2D eigenvalue weighted by atomic mass is 32.2. The Morgan fingerprint density at radius 2 is 1.84 bits per heavy atom. The van der Waals surface area contributed by atoms with Crippen molar-refractivity contribution in [1.82, 2.24) is 4.72 Å². The van der Waals surface area contributed by atoms with Crippen molar-refractivity contribution in [1.29, 1.82) is 0 Å². The van der Waals surface area contributed by atoms with E-state index in [0.29, 0.717) is 5.75 Å². The number of carbonyl (C=O) groups is 1. The van der Waals surface area contributed by atoms with Gasteiger partial charge in [-0.25, -0.2) is 17.5 Å². The SMILES string of the molecule is COc1ccc(S(=O)(=O)NCC(=O)Nc2ccccc2F)c(OC)c1. The van der Waals surface area contributed by atoms with Gasteiger partial charge < -0.3 is 14.8 Å². The van der Waals surface area contributed by atoms with Gasteiger partial charge in [0.1, 0.15) is 22.2 Å². The first-order valence-electron chi connectivity index (χ1n) is 7.13. The van der Waals surface area contributed by atoms with E-state index in [1.165, 1.54) is 50.6 Å². The van der Waals surface area contributed by atoms with E-state index in [-0.39, 0.29) is 16.3 Å². The number of hydrogen-bond donors (Lipinski definition) is 2. The minimum absolute atomic E-state index is 0.0336. The number of nitrogens with one attached hydrogen (secondary N) is 2. The Labute approximate surface area is 144 Å². The lowest BCUT2D eigenvalue weighted by atomic mass is 10.3. The summed E-state index contributed by atoms with van der Waals surface area (Å²) in [6, 6.07) is 9.74. The van der Waals surface area contributed by atoms with Crippen LogP contribution >= 0.6 is 0 Å². The van der Waals surface area contributed by atoms with Gasteiger partial charge in [-0.05, 0) is 24.3 Å². The molecule has 2 N–H and O–H groups in total. The van der Waals surface area contributed by atoms with Crippen LogP contribution < -0.4 is 19.5 Å². The lowest BCUT2D eigenvalue weighted by molar-refractivity contribution is -0.115. The third kappa shape index (κ3) is 4.68. The first-order chi connectivity index (χ1) is 11.9. The molecule has 134 valence electrons. The molecule has 1 amide bonds. The number of hydrogen-bond acceptors (Lipinski definition) is 5. The molecule has 0 fully saturated rings. The van der Waals surface area contributed by atoms with Gasteiger partial charge in [0.2, 0.25) is 15.9 Å². The third-order valence-electron chi connectivity index (χ3n) is 3.23. The first-order valence-corrected chi connectivity index (χ1v) is 8.62. The van der Waals surface area contributed by atoms with Crippen LogP contribution in [0, 0.1) is 5.82 Å². The fourth-order valence-electron chi connectivity index (χ4n) is 1.99. The highest BCUT2D eigenvalue weighted by molar-refractivity contribution is 7.89. The molecule has 0 aliphatic heterocycles. The van der Waals surface area contributed by atoms with E-state index in [1.54, 1.807) is 6.07 Å². The Kier molecular flexibility index (Phi) is 5.94. The van der Waals surface area contributed by atoms with Crippen molar-refractivity contribution in [2.75, 3.05) is 26.1 Å². The molecule has 0 radical (unpaired) electrons. The van der Waals surface area contributed by atoms with Crippen LogP contribution in [-0.4, -0.2) is 35.1 Å². The third-order valence-corrected chi connectivity index (χ3v) is 4.67. The van der Waals surface area contributed by atoms with Crippen LogP contribution in [0.5, 0.6) is 11.5 Å². The molecular formula is C16H17FN2O5S. The highest BCUT2D eigenvalue weighted by Gasteiger charge is 2.21. The van der Waals surface area contributed by atoms with Crippen LogP contribution in [0.2, 0.25) is 0 Å². The number of anilines is 1. The van der Waals surface area contributed by atoms with Crippen molar-refractivity contribution >= 4 is 21.6 Å². The second-order valence-electron chi connectivity index (χ2n) is 4.87. The molecule has 2 aromatic rings. The fraction of sp³-hybridized carbons (Fsp3) is 0.188. The molecule has 0 spiro atoms. The van der Waals surface area contributed by atoms with E-state index >= 15 is 0 Å². The second-order valence-corrected chi connectivity index (χ2v) is 6.60. The van der Waals surface area contributed by atoms with Gasteiger partial charge >= 0.3 is 0 Å². The van der Waals surface area contributed by atoms with Crippen LogP contribution in [0.4, 0.5) is 10.1 Å². The fourth-order valence-corrected chi connectivity index (χ4v) is 3.12. The molecule has 0 aromatic heterocycles. The van der Waals surface area contributed by atoms with Crippen molar-refractivity contribution < 1.29 is 27.1 Å². The minimum atomic E-state index is -4.01. The van der Waals surface area contributed by atoms with E-state index in [4.69, 9.17) is 9.47 Å². The van der Waals surface area contributed by atoms with Crippen molar-refractivity contribution in [3.63, 3.8) is 0 Å². The monoisotopic (exact) mass is 368 g/mol. The van der Waals surface area contributed by atoms with Gasteiger partial charge in [0.25, 0.3) is 0 Å². The number of sulfonamides is 1. The lowest BCUT2D eigenvalue weighted by Gasteiger charge is -2.12. The Balaban J connectivity index is 2.09. The first kappa shape index (κ1) is 18.7. The number of carbonyl (C=O) groups excluding carboxylic acids is 1. The average molecular weight is 368 g/mol. The molecule has 0 unspecified atom stereocenters. The zero-order valence-corrected chi connectivity index (χ0v) is 14.4. The maximum absolute atomic E-state index is 13.5. The van der Waals surface area contributed by atoms with Gasteiger partial charge in [-0.15, -0.1) is 0 Å². The van der Waals surface area contributed by atoms with E-state index in [1.807, 2.05) is 0 Å². The second kappa shape index (κ2) is 7.95. The van der Waals surface area contributed by atoms with Crippen LogP contribution in [-0.2, 0) is 14.8 Å². The molecule has 0 aliphatic carbocycles. The Hall–Kier alpha value is -2.65. The molecule has 25 heavy (non-hydrogen) atoms. The molecule has 0 aliphatic rings. The normalized spacial score (nSPS) is 11.0. The van der Waals surface area contributed by atoms with Crippen LogP contribution in [0.25, 0.3) is 0 Å². The molecule has 2 rings (SSSR count). The number of para-hydroxylation sites is 1. The predicted molar refractivity (Wildman–Crippen MR) is 89.8 cm³/mol. The van der Waals surface area contributed by atoms with Gasteiger partial charge in [0.15, 0.2) is 0 Å². The molecule has 9 heteroatoms. The largest absolute Gasteiger partial charge is 0.497 e. The van der Waals surface area contributed by atoms with Gasteiger partial charge in [0, 0.05) is 6.07 Å². The summed E-state index contributed by atoms with van der Waals surface area (Å²) in [7, 11) is -1.25. The molecule has 2 aromatic carbocycles. The maximum atomic E-state index is 13.5. The van der Waals surface area contributed by atoms with Crippen LogP contribution in [0.15, 0.2) is 47.4 Å². The number of halogens is 1. The summed E-state index contributed by atoms with van der Waals surface area (Å²) in [5.74, 6) is -0.828. The quantitative estimate of drug-likeness (QED) is 0.777. The lowest BCUT2D eigenvalue weighted by Crippen LogP contribution is -2.33. The van der Waals surface area contributed by atoms with Crippen molar-refractivity contribution in [2.24, 2.45) is 0 Å². The number of rotatable bonds is 7. The summed E-state index contributed by atoms with van der Waals surface area (Å²) in [6.07, 6.45) is 0. The van der Waals surface area contributed by atoms with E-state index in [2.05, 4.69) is 10.0 Å². The molecular weight excluding hydrogens is 351 g/mol. The summed E-state index contributed by atoms with van der Waals surface area (Å²) in [4.78, 5) is 11.7. The Morgan fingerprint density at radius 3 is 2.48 bits per heavy atom. The molecule has 0 bridgehead atoms. The molecule has 7 nitrogen and oxygen atoms in total. The summed E-state index contributed by atoms with van der Waals surface area (Å²) >= 11 is 0. The number of benzene rings is 2. The van der Waals surface area contributed by atoms with Gasteiger partial charge in [-0.3, -0.25) is 4.79 Å². The summed E-state index contributed by atoms with van der Waals surface area (Å²) in [5.41, 5.74) is -0.0336. The predicted octanol–water partition coefficient (Wildman–Crippen LogP) is 1.76. The van der Waals surface area contributed by atoms with Crippen molar-refractivity contribution in [3.8, 4) is 11.5 Å². The summed E-state index contributed by atoms with van der Waals surface area (Å²) in [6.45, 7) is -0.564. The smallest absolute Gasteiger partial charge is 0.244 e. The van der Waals surface area contributed by atoms with Crippen LogP contribution in [0.3, 0.4) is 0 Å². The highest BCUT2D eigenvalue weighted by Crippen LogP contribution is 2.28. The summed E-state index contributed by atoms with van der Waals surface area (Å²) < 4.78 is 50.4. The molecule has 0 saturated heterocycles. The summed E-state index contributed by atoms with van der Waals surface area (Å²) in [5, 5.41) is 2.29. The van der Waals surface area contributed by atoms with E-state index in [9.17, 15) is 17.6 Å². The topological polar surface area (TPSA) is 93.7 Å². The Bertz CT molecular complexity index is 871. The van der Waals surface area contributed by atoms with E-state index < -0.39 is 28.3 Å².